The van der Waals surface area contributed by atoms with Crippen LogP contribution in [0.25, 0.3) is 5.69 Å². The van der Waals surface area contributed by atoms with Crippen LogP contribution in [0.15, 0.2) is 28.7 Å². The fourth-order valence-corrected chi connectivity index (χ4v) is 3.20. The van der Waals surface area contributed by atoms with Gasteiger partial charge >= 0.3 is 12.1 Å². The SMILES string of the molecule is CCCCOC(=O)N1CCc2c(c(C(=O)O)nn2-c2ccc(Br)cc2)C1. The van der Waals surface area contributed by atoms with Crippen LogP contribution in [-0.2, 0) is 17.7 Å². The zero-order chi connectivity index (χ0) is 18.7. The van der Waals surface area contributed by atoms with Crippen LogP contribution in [-0.4, -0.2) is 45.0 Å². The van der Waals surface area contributed by atoms with Crippen LogP contribution in [0.4, 0.5) is 4.79 Å². The van der Waals surface area contributed by atoms with E-state index in [-0.39, 0.29) is 12.2 Å². The number of amides is 1. The molecule has 0 radical (unpaired) electrons. The third kappa shape index (κ3) is 3.75. The number of carbonyl (C=O) groups is 2. The summed E-state index contributed by atoms with van der Waals surface area (Å²) in [5.74, 6) is -1.10. The van der Waals surface area contributed by atoms with Crippen LogP contribution in [0, 0.1) is 0 Å². The van der Waals surface area contributed by atoms with Crippen LogP contribution in [0.1, 0.15) is 41.5 Å². The van der Waals surface area contributed by atoms with E-state index in [9.17, 15) is 14.7 Å². The molecule has 0 bridgehead atoms. The first-order valence-corrected chi connectivity index (χ1v) is 9.32. The summed E-state index contributed by atoms with van der Waals surface area (Å²) >= 11 is 3.39. The Kier molecular flexibility index (Phi) is 5.61. The second-order valence-electron chi connectivity index (χ2n) is 6.11. The number of carbonyl (C=O) groups excluding carboxylic acids is 1. The number of hydrogen-bond donors (Lipinski definition) is 1. The maximum atomic E-state index is 12.2. The summed E-state index contributed by atoms with van der Waals surface area (Å²) in [4.78, 5) is 25.4. The number of rotatable bonds is 5. The van der Waals surface area contributed by atoms with Crippen molar-refractivity contribution in [2.75, 3.05) is 13.2 Å². The minimum Gasteiger partial charge on any atom is -0.476 e. The van der Waals surface area contributed by atoms with Gasteiger partial charge in [0.1, 0.15) is 0 Å². The van der Waals surface area contributed by atoms with Gasteiger partial charge in [-0.25, -0.2) is 14.3 Å². The van der Waals surface area contributed by atoms with Gasteiger partial charge in [0, 0.05) is 23.0 Å². The Morgan fingerprint density at radius 3 is 2.69 bits per heavy atom. The normalized spacial score (nSPS) is 13.4. The smallest absolute Gasteiger partial charge is 0.410 e. The van der Waals surface area contributed by atoms with Crippen LogP contribution in [0.3, 0.4) is 0 Å². The second kappa shape index (κ2) is 7.90. The molecule has 0 fully saturated rings. The molecule has 2 aromatic rings. The number of aromatic nitrogens is 2. The largest absolute Gasteiger partial charge is 0.476 e. The number of hydrogen-bond acceptors (Lipinski definition) is 4. The predicted molar refractivity (Wildman–Crippen MR) is 98.6 cm³/mol. The van der Waals surface area contributed by atoms with Gasteiger partial charge in [0.25, 0.3) is 0 Å². The van der Waals surface area contributed by atoms with Gasteiger partial charge in [0.2, 0.25) is 0 Å². The lowest BCUT2D eigenvalue weighted by molar-refractivity contribution is 0.0683. The van der Waals surface area contributed by atoms with Crippen molar-refractivity contribution in [2.24, 2.45) is 0 Å². The van der Waals surface area contributed by atoms with E-state index in [0.29, 0.717) is 25.1 Å². The molecule has 0 aliphatic carbocycles. The van der Waals surface area contributed by atoms with Gasteiger partial charge in [-0.05, 0) is 30.7 Å². The summed E-state index contributed by atoms with van der Waals surface area (Å²) in [6, 6.07) is 7.50. The lowest BCUT2D eigenvalue weighted by Gasteiger charge is -2.27. The molecule has 26 heavy (non-hydrogen) atoms. The summed E-state index contributed by atoms with van der Waals surface area (Å²) in [5, 5.41) is 13.8. The molecule has 0 atom stereocenters. The van der Waals surface area contributed by atoms with Gasteiger partial charge in [0.05, 0.1) is 24.5 Å². The lowest BCUT2D eigenvalue weighted by Crippen LogP contribution is -2.37. The third-order valence-electron chi connectivity index (χ3n) is 4.31. The van der Waals surface area contributed by atoms with Gasteiger partial charge in [-0.2, -0.15) is 5.10 Å². The van der Waals surface area contributed by atoms with Crippen molar-refractivity contribution in [1.29, 1.82) is 0 Å². The third-order valence-corrected chi connectivity index (χ3v) is 4.84. The molecule has 3 rings (SSSR count). The number of halogens is 1. The highest BCUT2D eigenvalue weighted by Gasteiger charge is 2.31. The standard InChI is InChI=1S/C18H20BrN3O4/c1-2-3-10-26-18(25)21-9-8-15-14(11-21)16(17(23)24)20-22(15)13-6-4-12(19)5-7-13/h4-7H,2-3,8-11H2,1H3,(H,23,24). The lowest BCUT2D eigenvalue weighted by atomic mass is 10.1. The van der Waals surface area contributed by atoms with Gasteiger partial charge in [-0.1, -0.05) is 29.3 Å². The molecule has 1 aliphatic heterocycles. The molecule has 1 aliphatic rings. The molecule has 1 N–H and O–H groups in total. The highest BCUT2D eigenvalue weighted by atomic mass is 79.9. The number of benzene rings is 1. The van der Waals surface area contributed by atoms with E-state index in [2.05, 4.69) is 21.0 Å². The van der Waals surface area contributed by atoms with Crippen molar-refractivity contribution in [3.8, 4) is 5.69 Å². The van der Waals surface area contributed by atoms with Crippen LogP contribution in [0.5, 0.6) is 0 Å². The summed E-state index contributed by atoms with van der Waals surface area (Å²) < 4.78 is 7.84. The predicted octanol–water partition coefficient (Wildman–Crippen LogP) is 3.63. The van der Waals surface area contributed by atoms with Crippen molar-refractivity contribution in [3.63, 3.8) is 0 Å². The minimum atomic E-state index is -1.10. The van der Waals surface area contributed by atoms with Gasteiger partial charge in [-0.15, -0.1) is 0 Å². The highest BCUT2D eigenvalue weighted by Crippen LogP contribution is 2.26. The quantitative estimate of drug-likeness (QED) is 0.744. The molecular formula is C18H20BrN3O4. The van der Waals surface area contributed by atoms with E-state index in [0.717, 1.165) is 28.7 Å². The molecule has 7 nitrogen and oxygen atoms in total. The Bertz CT molecular complexity index is 817. The fraction of sp³-hybridized carbons (Fsp3) is 0.389. The fourth-order valence-electron chi connectivity index (χ4n) is 2.94. The second-order valence-corrected chi connectivity index (χ2v) is 7.02. The van der Waals surface area contributed by atoms with Crippen molar-refractivity contribution in [3.05, 3.63) is 45.7 Å². The topological polar surface area (TPSA) is 84.7 Å². The van der Waals surface area contributed by atoms with E-state index in [1.807, 2.05) is 31.2 Å². The van der Waals surface area contributed by atoms with Crippen LogP contribution in [0.2, 0.25) is 0 Å². The molecular weight excluding hydrogens is 402 g/mol. The Balaban J connectivity index is 1.88. The molecule has 1 aromatic heterocycles. The van der Waals surface area contributed by atoms with Crippen molar-refractivity contribution in [1.82, 2.24) is 14.7 Å². The minimum absolute atomic E-state index is 0.0195. The number of aromatic carboxylic acids is 1. The van der Waals surface area contributed by atoms with Crippen molar-refractivity contribution < 1.29 is 19.4 Å². The van der Waals surface area contributed by atoms with E-state index >= 15 is 0 Å². The van der Waals surface area contributed by atoms with E-state index in [1.54, 1.807) is 4.68 Å². The Hall–Kier alpha value is -2.35. The number of ether oxygens (including phenoxy) is 1. The molecule has 0 spiro atoms. The molecule has 1 aromatic carbocycles. The maximum Gasteiger partial charge on any atom is 0.410 e. The van der Waals surface area contributed by atoms with E-state index in [1.165, 1.54) is 4.90 Å². The first-order valence-electron chi connectivity index (χ1n) is 8.53. The number of unbranched alkanes of at least 4 members (excludes halogenated alkanes) is 1. The number of fused-ring (bicyclic) bond motifs is 1. The van der Waals surface area contributed by atoms with E-state index < -0.39 is 12.1 Å². The molecule has 138 valence electrons. The molecule has 2 heterocycles. The first kappa shape index (κ1) is 18.4. The van der Waals surface area contributed by atoms with E-state index in [4.69, 9.17) is 4.74 Å². The Morgan fingerprint density at radius 1 is 1.31 bits per heavy atom. The molecule has 1 amide bonds. The molecule has 8 heteroatoms. The van der Waals surface area contributed by atoms with Gasteiger partial charge in [-0.3, -0.25) is 0 Å². The maximum absolute atomic E-state index is 12.2. The summed E-state index contributed by atoms with van der Waals surface area (Å²) in [7, 11) is 0. The zero-order valence-electron chi connectivity index (χ0n) is 14.4. The van der Waals surface area contributed by atoms with Crippen LogP contribution < -0.4 is 0 Å². The highest BCUT2D eigenvalue weighted by molar-refractivity contribution is 9.10. The number of carboxylic acid groups (broad SMARTS) is 1. The summed E-state index contributed by atoms with van der Waals surface area (Å²) in [5.41, 5.74) is 2.16. The summed E-state index contributed by atoms with van der Waals surface area (Å²) in [6.45, 7) is 3.07. The number of carboxylic acids is 1. The van der Waals surface area contributed by atoms with Crippen molar-refractivity contribution >= 4 is 28.0 Å². The molecule has 0 unspecified atom stereocenters. The first-order chi connectivity index (χ1) is 12.5. The molecule has 0 saturated carbocycles. The zero-order valence-corrected chi connectivity index (χ0v) is 16.0. The van der Waals surface area contributed by atoms with Crippen LogP contribution >= 0.6 is 15.9 Å². The van der Waals surface area contributed by atoms with Crippen molar-refractivity contribution in [2.45, 2.75) is 32.7 Å². The average molecular weight is 422 g/mol. The monoisotopic (exact) mass is 421 g/mol. The average Bonchev–Trinajstić information content (AvgIpc) is 3.01. The molecule has 0 saturated heterocycles. The van der Waals surface area contributed by atoms with Gasteiger partial charge in [0.15, 0.2) is 5.69 Å². The Labute approximate surface area is 159 Å². The van der Waals surface area contributed by atoms with Gasteiger partial charge < -0.3 is 14.7 Å². The summed E-state index contributed by atoms with van der Waals surface area (Å²) in [6.07, 6.45) is 1.87. The Morgan fingerprint density at radius 2 is 2.04 bits per heavy atom. The number of nitrogens with zero attached hydrogens (tertiary/aromatic N) is 3.